The summed E-state index contributed by atoms with van der Waals surface area (Å²) < 4.78 is 0. The molecule has 1 aliphatic rings. The number of nitrogens with zero attached hydrogens (tertiary/aromatic N) is 1. The molecule has 4 nitrogen and oxygen atoms in total. The van der Waals surface area contributed by atoms with Crippen LogP contribution in [0.15, 0.2) is 0 Å². The van der Waals surface area contributed by atoms with E-state index in [4.69, 9.17) is 0 Å². The summed E-state index contributed by atoms with van der Waals surface area (Å²) in [6, 6.07) is 0. The molecule has 0 aliphatic carbocycles. The molecule has 0 aromatic heterocycles. The van der Waals surface area contributed by atoms with E-state index in [0.29, 0.717) is 12.5 Å². The van der Waals surface area contributed by atoms with Crippen LogP contribution >= 0.6 is 0 Å². The van der Waals surface area contributed by atoms with Crippen molar-refractivity contribution in [2.75, 3.05) is 26.2 Å². The highest BCUT2D eigenvalue weighted by Crippen LogP contribution is 2.07. The molecule has 1 N–H and O–H groups in total. The number of hydrogen-bond donors (Lipinski definition) is 1. The van der Waals surface area contributed by atoms with Crippen molar-refractivity contribution in [2.45, 2.75) is 13.8 Å². The second-order valence-corrected chi connectivity index (χ2v) is 3.67. The normalized spacial score (nSPS) is 18.0. The minimum absolute atomic E-state index is 0.418. The summed E-state index contributed by atoms with van der Waals surface area (Å²) in [5.74, 6) is -0.470. The standard InChI is InChI=1S/C9H16N2O2/c1-7(6-11-3-4-11)5-10-9(13)8(2)12/h7H,3-6H2,1-2H3,(H,10,13). The van der Waals surface area contributed by atoms with E-state index in [9.17, 15) is 9.59 Å². The lowest BCUT2D eigenvalue weighted by molar-refractivity contribution is -0.136. The van der Waals surface area contributed by atoms with Crippen molar-refractivity contribution >= 4 is 11.7 Å². The molecule has 0 saturated carbocycles. The van der Waals surface area contributed by atoms with Gasteiger partial charge in [0.25, 0.3) is 5.91 Å². The Kier molecular flexibility index (Phi) is 3.42. The molecule has 0 aromatic rings. The first-order chi connectivity index (χ1) is 6.09. The molecule has 1 aliphatic heterocycles. The molecule has 0 bridgehead atoms. The highest BCUT2D eigenvalue weighted by atomic mass is 16.2. The second kappa shape index (κ2) is 4.37. The average Bonchev–Trinajstić information content (AvgIpc) is 2.83. The lowest BCUT2D eigenvalue weighted by Crippen LogP contribution is -2.34. The van der Waals surface area contributed by atoms with Crippen molar-refractivity contribution < 1.29 is 9.59 Å². The second-order valence-electron chi connectivity index (χ2n) is 3.67. The van der Waals surface area contributed by atoms with Crippen molar-refractivity contribution in [2.24, 2.45) is 5.92 Å². The zero-order valence-corrected chi connectivity index (χ0v) is 8.17. The number of hydrogen-bond acceptors (Lipinski definition) is 3. The van der Waals surface area contributed by atoms with Crippen molar-refractivity contribution in [1.82, 2.24) is 10.2 Å². The van der Waals surface area contributed by atoms with E-state index >= 15 is 0 Å². The van der Waals surface area contributed by atoms with Crippen molar-refractivity contribution in [1.29, 1.82) is 0 Å². The molecule has 0 aromatic carbocycles. The van der Waals surface area contributed by atoms with Crippen LogP contribution in [0.3, 0.4) is 0 Å². The lowest BCUT2D eigenvalue weighted by Gasteiger charge is -2.11. The van der Waals surface area contributed by atoms with E-state index in [1.807, 2.05) is 0 Å². The quantitative estimate of drug-likeness (QED) is 0.469. The number of carbonyl (C=O) groups excluding carboxylic acids is 2. The lowest BCUT2D eigenvalue weighted by atomic mass is 10.2. The number of Topliss-reactive ketones (excluding diaryl/α,β-unsaturated/α-hetero) is 1. The third-order valence-electron chi connectivity index (χ3n) is 2.04. The zero-order chi connectivity index (χ0) is 9.84. The zero-order valence-electron chi connectivity index (χ0n) is 8.17. The predicted molar refractivity (Wildman–Crippen MR) is 49.3 cm³/mol. The molecule has 0 radical (unpaired) electrons. The first-order valence-corrected chi connectivity index (χ1v) is 4.60. The molecule has 4 heteroatoms. The van der Waals surface area contributed by atoms with E-state index in [1.165, 1.54) is 20.0 Å². The Morgan fingerprint density at radius 3 is 2.54 bits per heavy atom. The number of carbonyl (C=O) groups is 2. The van der Waals surface area contributed by atoms with E-state index in [1.54, 1.807) is 0 Å². The van der Waals surface area contributed by atoms with Gasteiger partial charge in [0, 0.05) is 33.1 Å². The predicted octanol–water partition coefficient (Wildman–Crippen LogP) is -0.357. The smallest absolute Gasteiger partial charge is 0.287 e. The van der Waals surface area contributed by atoms with E-state index in [2.05, 4.69) is 17.1 Å². The minimum Gasteiger partial charge on any atom is -0.349 e. The monoisotopic (exact) mass is 184 g/mol. The van der Waals surface area contributed by atoms with Gasteiger partial charge in [-0.05, 0) is 5.92 Å². The van der Waals surface area contributed by atoms with Crippen LogP contribution in [0.5, 0.6) is 0 Å². The van der Waals surface area contributed by atoms with Crippen LogP contribution in [0, 0.1) is 5.92 Å². The Hall–Kier alpha value is -0.900. The van der Waals surface area contributed by atoms with Gasteiger partial charge >= 0.3 is 0 Å². The summed E-state index contributed by atoms with van der Waals surface area (Å²) in [5.41, 5.74) is 0. The molecular formula is C9H16N2O2. The van der Waals surface area contributed by atoms with E-state index in [0.717, 1.165) is 6.54 Å². The molecule has 1 rings (SSSR count). The van der Waals surface area contributed by atoms with Gasteiger partial charge in [-0.2, -0.15) is 0 Å². The van der Waals surface area contributed by atoms with Gasteiger partial charge in [-0.15, -0.1) is 0 Å². The van der Waals surface area contributed by atoms with Crippen molar-refractivity contribution in [3.05, 3.63) is 0 Å². The fraction of sp³-hybridized carbons (Fsp3) is 0.778. The van der Waals surface area contributed by atoms with Crippen LogP contribution < -0.4 is 5.32 Å². The number of rotatable bonds is 5. The van der Waals surface area contributed by atoms with Gasteiger partial charge < -0.3 is 10.2 Å². The average molecular weight is 184 g/mol. The fourth-order valence-corrected chi connectivity index (χ4v) is 1.15. The summed E-state index contributed by atoms with van der Waals surface area (Å²) in [7, 11) is 0. The van der Waals surface area contributed by atoms with Gasteiger partial charge in [-0.25, -0.2) is 0 Å². The number of amides is 1. The van der Waals surface area contributed by atoms with Crippen LogP contribution in [0.4, 0.5) is 0 Å². The van der Waals surface area contributed by atoms with E-state index in [-0.39, 0.29) is 0 Å². The number of nitrogens with one attached hydrogen (secondary N) is 1. The highest BCUT2D eigenvalue weighted by Gasteiger charge is 2.19. The molecule has 0 spiro atoms. The summed E-state index contributed by atoms with van der Waals surface area (Å²) in [6.07, 6.45) is 0. The maximum Gasteiger partial charge on any atom is 0.287 e. The first kappa shape index (κ1) is 10.2. The maximum atomic E-state index is 10.9. The minimum atomic E-state index is -0.474. The SMILES string of the molecule is CC(=O)C(=O)NCC(C)CN1CC1. The molecular weight excluding hydrogens is 168 g/mol. The van der Waals surface area contributed by atoms with E-state index < -0.39 is 11.7 Å². The fourth-order valence-electron chi connectivity index (χ4n) is 1.15. The summed E-state index contributed by atoms with van der Waals surface area (Å²) in [6.45, 7) is 7.30. The molecule has 74 valence electrons. The Balaban J connectivity index is 2.09. The van der Waals surface area contributed by atoms with Crippen LogP contribution in [0.1, 0.15) is 13.8 Å². The third kappa shape index (κ3) is 4.03. The molecule has 1 saturated heterocycles. The van der Waals surface area contributed by atoms with Crippen molar-refractivity contribution in [3.63, 3.8) is 0 Å². The van der Waals surface area contributed by atoms with Gasteiger partial charge in [-0.1, -0.05) is 6.92 Å². The van der Waals surface area contributed by atoms with Crippen LogP contribution in [0.2, 0.25) is 0 Å². The Labute approximate surface area is 78.3 Å². The van der Waals surface area contributed by atoms with Gasteiger partial charge in [-0.3, -0.25) is 9.59 Å². The number of ketones is 1. The maximum absolute atomic E-state index is 10.9. The Morgan fingerprint density at radius 1 is 1.46 bits per heavy atom. The van der Waals surface area contributed by atoms with Crippen LogP contribution in [-0.4, -0.2) is 42.8 Å². The highest BCUT2D eigenvalue weighted by molar-refractivity contribution is 6.35. The molecule has 1 fully saturated rings. The van der Waals surface area contributed by atoms with Gasteiger partial charge in [0.1, 0.15) is 0 Å². The molecule has 1 heterocycles. The summed E-state index contributed by atoms with van der Waals surface area (Å²) in [5, 5.41) is 2.60. The molecule has 1 atom stereocenters. The molecule has 13 heavy (non-hydrogen) atoms. The summed E-state index contributed by atoms with van der Waals surface area (Å²) in [4.78, 5) is 23.7. The molecule has 1 amide bonds. The van der Waals surface area contributed by atoms with Gasteiger partial charge in [0.2, 0.25) is 5.78 Å². The Morgan fingerprint density at radius 2 is 2.08 bits per heavy atom. The first-order valence-electron chi connectivity index (χ1n) is 4.60. The molecule has 1 unspecified atom stereocenters. The van der Waals surface area contributed by atoms with Gasteiger partial charge in [0.15, 0.2) is 0 Å². The topological polar surface area (TPSA) is 49.2 Å². The largest absolute Gasteiger partial charge is 0.349 e. The van der Waals surface area contributed by atoms with Gasteiger partial charge in [0.05, 0.1) is 0 Å². The Bertz CT molecular complexity index is 212. The summed E-state index contributed by atoms with van der Waals surface area (Å²) >= 11 is 0. The third-order valence-corrected chi connectivity index (χ3v) is 2.04. The van der Waals surface area contributed by atoms with Crippen LogP contribution in [-0.2, 0) is 9.59 Å². The van der Waals surface area contributed by atoms with Crippen molar-refractivity contribution in [3.8, 4) is 0 Å². The van der Waals surface area contributed by atoms with Crippen LogP contribution in [0.25, 0.3) is 0 Å².